The monoisotopic (exact) mass is 423 g/mol. The Morgan fingerprint density at radius 2 is 2.06 bits per heavy atom. The number of hydrogen-bond acceptors (Lipinski definition) is 3. The van der Waals surface area contributed by atoms with E-state index in [1.807, 2.05) is 48.9 Å². The second-order valence-corrected chi connectivity index (χ2v) is 8.36. The van der Waals surface area contributed by atoms with E-state index in [1.165, 1.54) is 6.07 Å². The van der Waals surface area contributed by atoms with Crippen LogP contribution in [0.2, 0.25) is 0 Å². The molecule has 1 N–H and O–H groups in total. The summed E-state index contributed by atoms with van der Waals surface area (Å²) in [6, 6.07) is 12.8. The van der Waals surface area contributed by atoms with Crippen molar-refractivity contribution in [2.45, 2.75) is 52.2 Å². The highest BCUT2D eigenvalue weighted by Gasteiger charge is 2.33. The Morgan fingerprint density at radius 1 is 1.29 bits per heavy atom. The molecule has 31 heavy (non-hydrogen) atoms. The van der Waals surface area contributed by atoms with Crippen molar-refractivity contribution in [3.05, 3.63) is 54.1 Å². The number of hydrogen-bond donors (Lipinski definition) is 1. The lowest BCUT2D eigenvalue weighted by Crippen LogP contribution is -2.35. The minimum absolute atomic E-state index is 0.0939. The topological polar surface area (TPSA) is 53.4 Å². The molecule has 3 aromatic rings. The molecular formula is C24H30FN5O. The molecule has 2 aromatic carbocycles. The molecule has 0 aliphatic carbocycles. The van der Waals surface area contributed by atoms with Gasteiger partial charge in [-0.25, -0.2) is 14.2 Å². The van der Waals surface area contributed by atoms with E-state index in [0.29, 0.717) is 17.9 Å². The Balaban J connectivity index is 1.56. The van der Waals surface area contributed by atoms with Gasteiger partial charge in [-0.2, -0.15) is 0 Å². The molecule has 0 bridgehead atoms. The summed E-state index contributed by atoms with van der Waals surface area (Å²) in [5, 5.41) is 2.88. The van der Waals surface area contributed by atoms with Crippen LogP contribution in [0.1, 0.15) is 45.5 Å². The van der Waals surface area contributed by atoms with Crippen LogP contribution in [0.3, 0.4) is 0 Å². The van der Waals surface area contributed by atoms with Crippen molar-refractivity contribution in [3.63, 3.8) is 0 Å². The first-order valence-corrected chi connectivity index (χ1v) is 11.0. The summed E-state index contributed by atoms with van der Waals surface area (Å²) in [5.41, 5.74) is 3.00. The van der Waals surface area contributed by atoms with Gasteiger partial charge in [-0.1, -0.05) is 12.1 Å². The third-order valence-electron chi connectivity index (χ3n) is 6.17. The van der Waals surface area contributed by atoms with Crippen molar-refractivity contribution in [2.24, 2.45) is 0 Å². The Hall–Kier alpha value is -3.09. The minimum Gasteiger partial charge on any atom is -0.370 e. The first-order chi connectivity index (χ1) is 14.9. The molecule has 2 heterocycles. The molecule has 1 aromatic heterocycles. The lowest BCUT2D eigenvalue weighted by atomic mass is 10.2. The quantitative estimate of drug-likeness (QED) is 0.597. The van der Waals surface area contributed by atoms with Gasteiger partial charge >= 0.3 is 6.03 Å². The van der Waals surface area contributed by atoms with Crippen LogP contribution >= 0.6 is 0 Å². The van der Waals surface area contributed by atoms with Gasteiger partial charge < -0.3 is 19.7 Å². The Morgan fingerprint density at radius 3 is 2.77 bits per heavy atom. The van der Waals surface area contributed by atoms with Crippen LogP contribution in [-0.2, 0) is 6.54 Å². The average Bonchev–Trinajstić information content (AvgIpc) is 3.37. The number of carbonyl (C=O) groups excluding carboxylic acids is 1. The zero-order chi connectivity index (χ0) is 22.1. The smallest absolute Gasteiger partial charge is 0.322 e. The van der Waals surface area contributed by atoms with Crippen LogP contribution in [0.15, 0.2) is 42.5 Å². The van der Waals surface area contributed by atoms with Crippen molar-refractivity contribution in [3.8, 4) is 0 Å². The second kappa shape index (κ2) is 8.57. The van der Waals surface area contributed by atoms with Crippen molar-refractivity contribution in [2.75, 3.05) is 23.8 Å². The molecule has 1 unspecified atom stereocenters. The molecule has 1 saturated heterocycles. The number of carbonyl (C=O) groups is 1. The first kappa shape index (κ1) is 21.2. The number of anilines is 2. The van der Waals surface area contributed by atoms with E-state index in [0.717, 1.165) is 36.2 Å². The van der Waals surface area contributed by atoms with Crippen molar-refractivity contribution < 1.29 is 9.18 Å². The van der Waals surface area contributed by atoms with Gasteiger partial charge in [0, 0.05) is 31.9 Å². The summed E-state index contributed by atoms with van der Waals surface area (Å²) in [4.78, 5) is 21.6. The highest BCUT2D eigenvalue weighted by atomic mass is 19.1. The van der Waals surface area contributed by atoms with Gasteiger partial charge in [0.25, 0.3) is 0 Å². The zero-order valence-electron chi connectivity index (χ0n) is 18.6. The van der Waals surface area contributed by atoms with E-state index in [2.05, 4.69) is 22.9 Å². The fraction of sp³-hybridized carbons (Fsp3) is 0.417. The van der Waals surface area contributed by atoms with Gasteiger partial charge in [0.15, 0.2) is 0 Å². The maximum absolute atomic E-state index is 14.6. The summed E-state index contributed by atoms with van der Waals surface area (Å²) in [5.74, 6) is 0.566. The lowest BCUT2D eigenvalue weighted by molar-refractivity contribution is 0.204. The van der Waals surface area contributed by atoms with E-state index >= 15 is 0 Å². The molecule has 0 radical (unpaired) electrons. The zero-order valence-corrected chi connectivity index (χ0v) is 18.6. The Labute approximate surface area is 182 Å². The van der Waals surface area contributed by atoms with Crippen molar-refractivity contribution in [1.29, 1.82) is 0 Å². The van der Waals surface area contributed by atoms with Gasteiger partial charge in [0.1, 0.15) is 11.6 Å². The number of urea groups is 1. The van der Waals surface area contributed by atoms with E-state index < -0.39 is 0 Å². The number of para-hydroxylation sites is 2. The number of nitrogens with zero attached hydrogens (tertiary/aromatic N) is 4. The molecule has 1 aliphatic heterocycles. The number of nitrogens with one attached hydrogen (secondary N) is 1. The van der Waals surface area contributed by atoms with Crippen LogP contribution in [0.25, 0.3) is 11.0 Å². The molecule has 6 nitrogen and oxygen atoms in total. The van der Waals surface area contributed by atoms with Crippen LogP contribution in [0, 0.1) is 5.82 Å². The van der Waals surface area contributed by atoms with Gasteiger partial charge in [0.05, 0.1) is 22.8 Å². The molecular weight excluding hydrogens is 393 g/mol. The number of benzene rings is 2. The first-order valence-electron chi connectivity index (χ1n) is 11.0. The van der Waals surface area contributed by atoms with E-state index in [4.69, 9.17) is 4.98 Å². The van der Waals surface area contributed by atoms with Gasteiger partial charge in [-0.15, -0.1) is 0 Å². The van der Waals surface area contributed by atoms with E-state index in [1.54, 1.807) is 12.1 Å². The van der Waals surface area contributed by atoms with E-state index in [-0.39, 0.29) is 23.9 Å². The number of imidazole rings is 1. The highest BCUT2D eigenvalue weighted by molar-refractivity contribution is 5.90. The number of rotatable bonds is 5. The number of likely N-dealkylation sites (tertiary alicyclic amines) is 1. The summed E-state index contributed by atoms with van der Waals surface area (Å²) in [6.45, 7) is 7.55. The lowest BCUT2D eigenvalue weighted by Gasteiger charge is -2.26. The normalized spacial score (nSPS) is 16.3. The predicted molar refractivity (Wildman–Crippen MR) is 123 cm³/mol. The molecule has 0 spiro atoms. The second-order valence-electron chi connectivity index (χ2n) is 8.36. The van der Waals surface area contributed by atoms with Gasteiger partial charge in [-0.05, 0) is 63.9 Å². The number of halogens is 1. The summed E-state index contributed by atoms with van der Waals surface area (Å²) < 4.78 is 16.8. The molecule has 7 heteroatoms. The van der Waals surface area contributed by atoms with Crippen LogP contribution in [-0.4, -0.2) is 40.1 Å². The Kier molecular flexibility index (Phi) is 5.85. The molecule has 0 saturated carbocycles. The van der Waals surface area contributed by atoms with Gasteiger partial charge in [0.2, 0.25) is 0 Å². The third kappa shape index (κ3) is 3.96. The van der Waals surface area contributed by atoms with Crippen LogP contribution < -0.4 is 10.2 Å². The Bertz CT molecular complexity index is 1090. The summed E-state index contributed by atoms with van der Waals surface area (Å²) in [6.07, 6.45) is 1.78. The summed E-state index contributed by atoms with van der Waals surface area (Å²) >= 11 is 0. The molecule has 1 atom stereocenters. The maximum Gasteiger partial charge on any atom is 0.322 e. The molecule has 4 rings (SSSR count). The number of fused-ring (bicyclic) bond motifs is 1. The SMILES string of the molecule is CCn1c(C2CCCN2C(=O)Nc2ccc(N(C)C(C)C)c(F)c2)nc2ccccc21. The highest BCUT2D eigenvalue weighted by Crippen LogP contribution is 2.34. The van der Waals surface area contributed by atoms with Gasteiger partial charge in [-0.3, -0.25) is 0 Å². The predicted octanol–water partition coefficient (Wildman–Crippen LogP) is 5.41. The largest absolute Gasteiger partial charge is 0.370 e. The summed E-state index contributed by atoms with van der Waals surface area (Å²) in [7, 11) is 1.86. The number of aromatic nitrogens is 2. The molecule has 2 amide bonds. The average molecular weight is 424 g/mol. The number of aryl methyl sites for hydroxylation is 1. The maximum atomic E-state index is 14.6. The van der Waals surface area contributed by atoms with E-state index in [9.17, 15) is 9.18 Å². The molecule has 1 aliphatic rings. The fourth-order valence-corrected chi connectivity index (χ4v) is 4.30. The minimum atomic E-state index is -0.347. The van der Waals surface area contributed by atoms with Crippen molar-refractivity contribution in [1.82, 2.24) is 14.5 Å². The number of amides is 2. The standard InChI is InChI=1S/C24H30FN5O/c1-5-29-21-10-7-6-9-19(21)27-23(29)22-11-8-14-30(22)24(31)26-17-12-13-20(18(25)15-17)28(4)16(2)3/h6-7,9-10,12-13,15-16,22H,5,8,11,14H2,1-4H3,(H,26,31). The van der Waals surface area contributed by atoms with Crippen LogP contribution in [0.5, 0.6) is 0 Å². The molecule has 164 valence electrons. The fourth-order valence-electron chi connectivity index (χ4n) is 4.30. The molecule has 1 fully saturated rings. The third-order valence-corrected chi connectivity index (χ3v) is 6.17. The van der Waals surface area contributed by atoms with Crippen molar-refractivity contribution >= 4 is 28.4 Å². The van der Waals surface area contributed by atoms with Crippen LogP contribution in [0.4, 0.5) is 20.6 Å².